The number of rotatable bonds is 5. The molecule has 1 unspecified atom stereocenters. The van der Waals surface area contributed by atoms with Gasteiger partial charge in [0.25, 0.3) is 0 Å². The molecule has 5 nitrogen and oxygen atoms in total. The lowest BCUT2D eigenvalue weighted by Gasteiger charge is -2.11. The Labute approximate surface area is 105 Å². The summed E-state index contributed by atoms with van der Waals surface area (Å²) in [5, 5.41) is 8.40. The maximum Gasteiger partial charge on any atom is 0.329 e. The average Bonchev–Trinajstić information content (AvgIpc) is 2.63. The van der Waals surface area contributed by atoms with E-state index in [0.29, 0.717) is 6.54 Å². The van der Waals surface area contributed by atoms with Gasteiger partial charge in [-0.3, -0.25) is 0 Å². The van der Waals surface area contributed by atoms with Crippen LogP contribution in [0.3, 0.4) is 0 Å². The normalized spacial score (nSPS) is 19.2. The van der Waals surface area contributed by atoms with Crippen molar-refractivity contribution in [2.45, 2.75) is 9.79 Å². The van der Waals surface area contributed by atoms with Crippen LogP contribution in [0.2, 0.25) is 0 Å². The molecule has 1 atom stereocenters. The third kappa shape index (κ3) is 3.06. The molecule has 0 fully saturated rings. The molecule has 1 N–H and O–H groups in total. The smallest absolute Gasteiger partial charge is 0.329 e. The number of ether oxygens (including phenoxy) is 1. The highest BCUT2D eigenvalue weighted by atomic mass is 32.2. The number of carboxylic acids is 1. The van der Waals surface area contributed by atoms with Crippen molar-refractivity contribution < 1.29 is 18.8 Å². The molecular formula is C10H11NO4S2. The zero-order valence-corrected chi connectivity index (χ0v) is 10.5. The van der Waals surface area contributed by atoms with Crippen molar-refractivity contribution in [1.29, 1.82) is 0 Å². The van der Waals surface area contributed by atoms with Gasteiger partial charge in [-0.15, -0.1) is 0 Å². The quantitative estimate of drug-likeness (QED) is 0.643. The van der Waals surface area contributed by atoms with E-state index in [4.69, 9.17) is 9.84 Å². The van der Waals surface area contributed by atoms with E-state index in [0.717, 1.165) is 9.79 Å². The fourth-order valence-corrected chi connectivity index (χ4v) is 4.01. The number of hydrogen-bond donors (Lipinski definition) is 1. The molecule has 1 aliphatic heterocycles. The second-order valence-corrected chi connectivity index (χ2v) is 5.96. The molecule has 2 rings (SSSR count). The van der Waals surface area contributed by atoms with Gasteiger partial charge in [0.15, 0.2) is 0 Å². The molecule has 0 aromatic heterocycles. The number of benzene rings is 1. The molecule has 1 aromatic carbocycles. The minimum Gasteiger partial charge on any atom is -0.480 e. The Morgan fingerprint density at radius 3 is 2.94 bits per heavy atom. The van der Waals surface area contributed by atoms with Crippen molar-refractivity contribution >= 4 is 28.9 Å². The summed E-state index contributed by atoms with van der Waals surface area (Å²) >= 11 is 1.41. The molecule has 0 radical (unpaired) electrons. The van der Waals surface area contributed by atoms with Crippen molar-refractivity contribution in [1.82, 2.24) is 3.71 Å². The molecule has 0 bridgehead atoms. The molecule has 92 valence electrons. The molecule has 0 saturated heterocycles. The van der Waals surface area contributed by atoms with E-state index >= 15 is 0 Å². The Bertz CT molecular complexity index is 452. The fourth-order valence-electron chi connectivity index (χ4n) is 1.35. The molecule has 1 aliphatic rings. The molecule has 0 spiro atoms. The highest BCUT2D eigenvalue weighted by molar-refractivity contribution is 8.08. The SMILES string of the molecule is O=C(O)COCCN1Sc2ccccc2S1=O. The second kappa shape index (κ2) is 5.63. The van der Waals surface area contributed by atoms with Crippen LogP contribution in [0.4, 0.5) is 0 Å². The third-order valence-corrected chi connectivity index (χ3v) is 5.05. The van der Waals surface area contributed by atoms with Gasteiger partial charge in [0.05, 0.1) is 11.5 Å². The summed E-state index contributed by atoms with van der Waals surface area (Å²) in [6.07, 6.45) is 0. The number of carboxylic acid groups (broad SMARTS) is 1. The van der Waals surface area contributed by atoms with Gasteiger partial charge in [-0.25, -0.2) is 9.00 Å². The van der Waals surface area contributed by atoms with Gasteiger partial charge in [-0.1, -0.05) is 12.1 Å². The molecular weight excluding hydrogens is 262 g/mol. The van der Waals surface area contributed by atoms with E-state index < -0.39 is 17.0 Å². The van der Waals surface area contributed by atoms with E-state index in [9.17, 15) is 9.00 Å². The Morgan fingerprint density at radius 1 is 1.47 bits per heavy atom. The zero-order valence-electron chi connectivity index (χ0n) is 8.87. The monoisotopic (exact) mass is 273 g/mol. The van der Waals surface area contributed by atoms with Crippen molar-refractivity contribution in [3.63, 3.8) is 0 Å². The van der Waals surface area contributed by atoms with Crippen LogP contribution < -0.4 is 0 Å². The molecule has 1 aromatic rings. The van der Waals surface area contributed by atoms with Crippen molar-refractivity contribution in [2.24, 2.45) is 0 Å². The van der Waals surface area contributed by atoms with Crippen LogP contribution in [0.25, 0.3) is 0 Å². The average molecular weight is 273 g/mol. The van der Waals surface area contributed by atoms with Gasteiger partial charge in [0, 0.05) is 11.4 Å². The first kappa shape index (κ1) is 12.6. The Kier molecular flexibility index (Phi) is 4.16. The maximum absolute atomic E-state index is 12.0. The van der Waals surface area contributed by atoms with Crippen LogP contribution in [0.1, 0.15) is 0 Å². The number of fused-ring (bicyclic) bond motifs is 1. The Morgan fingerprint density at radius 2 is 2.24 bits per heavy atom. The predicted octanol–water partition coefficient (Wildman–Crippen LogP) is 1.13. The van der Waals surface area contributed by atoms with Crippen LogP contribution in [0, 0.1) is 0 Å². The van der Waals surface area contributed by atoms with Gasteiger partial charge in [-0.2, -0.15) is 3.71 Å². The first-order valence-corrected chi connectivity index (χ1v) is 6.82. The summed E-state index contributed by atoms with van der Waals surface area (Å²) in [5.74, 6) is -0.997. The number of carbonyl (C=O) groups is 1. The highest BCUT2D eigenvalue weighted by Crippen LogP contribution is 2.38. The second-order valence-electron chi connectivity index (χ2n) is 3.29. The third-order valence-electron chi connectivity index (χ3n) is 2.07. The molecule has 7 heteroatoms. The molecule has 0 saturated carbocycles. The van der Waals surface area contributed by atoms with Crippen LogP contribution in [0.15, 0.2) is 34.1 Å². The molecule has 0 aliphatic carbocycles. The lowest BCUT2D eigenvalue weighted by atomic mass is 10.4. The van der Waals surface area contributed by atoms with Crippen LogP contribution >= 0.6 is 11.9 Å². The molecule has 1 heterocycles. The Hall–Kier alpha value is -0.890. The summed E-state index contributed by atoms with van der Waals surface area (Å²) in [6, 6.07) is 7.49. The fraction of sp³-hybridized carbons (Fsp3) is 0.300. The van der Waals surface area contributed by atoms with Crippen molar-refractivity contribution in [3.05, 3.63) is 24.3 Å². The van der Waals surface area contributed by atoms with Crippen molar-refractivity contribution in [2.75, 3.05) is 19.8 Å². The van der Waals surface area contributed by atoms with E-state index in [2.05, 4.69) is 0 Å². The highest BCUT2D eigenvalue weighted by Gasteiger charge is 2.27. The summed E-state index contributed by atoms with van der Waals surface area (Å²) in [6.45, 7) is 0.357. The zero-order chi connectivity index (χ0) is 12.3. The first-order chi connectivity index (χ1) is 8.18. The topological polar surface area (TPSA) is 66.8 Å². The lowest BCUT2D eigenvalue weighted by molar-refractivity contribution is -0.142. The van der Waals surface area contributed by atoms with Gasteiger partial charge in [0.1, 0.15) is 17.6 Å². The minimum absolute atomic E-state index is 0.249. The standard InChI is InChI=1S/C10H11NO4S2/c12-10(13)7-15-6-5-11-16-8-3-1-2-4-9(8)17(11)14/h1-4H,5-7H2,(H,12,13). The van der Waals surface area contributed by atoms with Crippen molar-refractivity contribution in [3.8, 4) is 0 Å². The van der Waals surface area contributed by atoms with Gasteiger partial charge in [0.2, 0.25) is 0 Å². The maximum atomic E-state index is 12.0. The van der Waals surface area contributed by atoms with Crippen LogP contribution in [-0.4, -0.2) is 38.8 Å². The number of hydrogen-bond acceptors (Lipinski definition) is 4. The summed E-state index contributed by atoms with van der Waals surface area (Å²) < 4.78 is 18.6. The van der Waals surface area contributed by atoms with Gasteiger partial charge in [-0.05, 0) is 24.1 Å². The largest absolute Gasteiger partial charge is 0.480 e. The number of nitrogens with zero attached hydrogens (tertiary/aromatic N) is 1. The first-order valence-electron chi connectivity index (χ1n) is 4.94. The molecule has 17 heavy (non-hydrogen) atoms. The predicted molar refractivity (Wildman–Crippen MR) is 63.9 cm³/mol. The van der Waals surface area contributed by atoms with Crippen LogP contribution in [-0.2, 0) is 20.5 Å². The number of aliphatic carboxylic acids is 1. The van der Waals surface area contributed by atoms with E-state index in [1.165, 1.54) is 11.9 Å². The van der Waals surface area contributed by atoms with E-state index in [1.807, 2.05) is 24.3 Å². The van der Waals surface area contributed by atoms with Crippen LogP contribution in [0.5, 0.6) is 0 Å². The molecule has 0 amide bonds. The summed E-state index contributed by atoms with van der Waals surface area (Å²) in [5.41, 5.74) is 0. The summed E-state index contributed by atoms with van der Waals surface area (Å²) in [7, 11) is -1.18. The van der Waals surface area contributed by atoms with Gasteiger partial charge < -0.3 is 9.84 Å². The van der Waals surface area contributed by atoms with Gasteiger partial charge >= 0.3 is 5.97 Å². The van der Waals surface area contributed by atoms with E-state index in [1.54, 1.807) is 3.71 Å². The minimum atomic E-state index is -1.18. The van der Waals surface area contributed by atoms with E-state index in [-0.39, 0.29) is 13.2 Å². The Balaban J connectivity index is 1.86. The summed E-state index contributed by atoms with van der Waals surface area (Å²) in [4.78, 5) is 12.0. The lowest BCUT2D eigenvalue weighted by Crippen LogP contribution is -2.21.